The van der Waals surface area contributed by atoms with Crippen LogP contribution in [-0.2, 0) is 4.74 Å². The molecule has 2 aliphatic rings. The van der Waals surface area contributed by atoms with Gasteiger partial charge in [-0.3, -0.25) is 0 Å². The van der Waals surface area contributed by atoms with Crippen LogP contribution in [0.2, 0.25) is 0 Å². The summed E-state index contributed by atoms with van der Waals surface area (Å²) in [5.41, 5.74) is 0. The predicted molar refractivity (Wildman–Crippen MR) is 44.6 cm³/mol. The van der Waals surface area contributed by atoms with Crippen molar-refractivity contribution >= 4 is 11.8 Å². The highest BCUT2D eigenvalue weighted by Gasteiger charge is 2.33. The van der Waals surface area contributed by atoms with Crippen LogP contribution >= 0.6 is 11.8 Å². The monoisotopic (exact) mass is 175 g/mol. The third-order valence-corrected chi connectivity index (χ3v) is 3.08. The fourth-order valence-electron chi connectivity index (χ4n) is 2.05. The van der Waals surface area contributed by atoms with E-state index < -0.39 is 0 Å². The molecule has 1 heterocycles. The third-order valence-electron chi connectivity index (χ3n) is 2.66. The van der Waals surface area contributed by atoms with E-state index in [4.69, 9.17) is 16.5 Å². The molecule has 1 saturated carbocycles. The first-order valence-electron chi connectivity index (χ1n) is 4.42. The Hall–Kier alpha value is 0.210. The second-order valence-corrected chi connectivity index (χ2v) is 3.82. The summed E-state index contributed by atoms with van der Waals surface area (Å²) in [4.78, 5) is 0. The minimum Gasteiger partial charge on any atom is -0.375 e. The molecule has 0 aromatic rings. The van der Waals surface area contributed by atoms with E-state index in [0.29, 0.717) is 12.1 Å². The minimum atomic E-state index is 0.426. The van der Waals surface area contributed by atoms with Crippen LogP contribution in [0, 0.1) is 0 Å². The van der Waals surface area contributed by atoms with Crippen LogP contribution in [0.3, 0.4) is 0 Å². The molecule has 11 heavy (non-hydrogen) atoms. The Balaban J connectivity index is 1.99. The van der Waals surface area contributed by atoms with Gasteiger partial charge in [-0.2, -0.15) is 0 Å². The van der Waals surface area contributed by atoms with Gasteiger partial charge in [-0.25, -0.2) is 4.42 Å². The lowest BCUT2D eigenvalue weighted by Gasteiger charge is -2.40. The lowest BCUT2D eigenvalue weighted by atomic mass is 9.91. The summed E-state index contributed by atoms with van der Waals surface area (Å²) in [5, 5.41) is 0. The Bertz CT molecular complexity index is 140. The van der Waals surface area contributed by atoms with Gasteiger partial charge < -0.3 is 4.74 Å². The molecule has 0 bridgehead atoms. The fourth-order valence-corrected chi connectivity index (χ4v) is 2.34. The number of hydrogen-bond donors (Lipinski definition) is 0. The molecule has 1 aliphatic carbocycles. The van der Waals surface area contributed by atoms with Gasteiger partial charge in [0, 0.05) is 6.54 Å². The normalized spacial score (nSPS) is 40.1. The van der Waals surface area contributed by atoms with Gasteiger partial charge in [-0.05, 0) is 24.6 Å². The SMILES string of the molecule is ClN1CCO[C@H]2CCCC[C@H]21. The smallest absolute Gasteiger partial charge is 0.0744 e. The molecule has 3 heteroatoms. The predicted octanol–water partition coefficient (Wildman–Crippen LogP) is 1.78. The number of rotatable bonds is 0. The van der Waals surface area contributed by atoms with Crippen molar-refractivity contribution in [2.75, 3.05) is 13.2 Å². The van der Waals surface area contributed by atoms with Crippen molar-refractivity contribution in [1.29, 1.82) is 0 Å². The first-order valence-corrected chi connectivity index (χ1v) is 4.76. The molecule has 2 nitrogen and oxygen atoms in total. The van der Waals surface area contributed by atoms with Crippen LogP contribution in [0.5, 0.6) is 0 Å². The Kier molecular flexibility index (Phi) is 2.35. The number of hydrogen-bond acceptors (Lipinski definition) is 2. The van der Waals surface area contributed by atoms with Crippen LogP contribution < -0.4 is 0 Å². The molecule has 0 aromatic carbocycles. The first-order chi connectivity index (χ1) is 5.38. The number of halogens is 1. The Morgan fingerprint density at radius 2 is 2.09 bits per heavy atom. The van der Waals surface area contributed by atoms with Gasteiger partial charge in [-0.15, -0.1) is 0 Å². The highest BCUT2D eigenvalue weighted by atomic mass is 35.5. The van der Waals surface area contributed by atoms with E-state index in [0.717, 1.165) is 13.2 Å². The zero-order chi connectivity index (χ0) is 7.68. The molecule has 2 fully saturated rings. The van der Waals surface area contributed by atoms with Gasteiger partial charge in [0.25, 0.3) is 0 Å². The number of nitrogens with zero attached hydrogens (tertiary/aromatic N) is 1. The van der Waals surface area contributed by atoms with E-state index in [1.165, 1.54) is 25.7 Å². The lowest BCUT2D eigenvalue weighted by Crippen LogP contribution is -2.48. The van der Waals surface area contributed by atoms with Crippen molar-refractivity contribution in [2.24, 2.45) is 0 Å². The maximum atomic E-state index is 6.04. The molecule has 2 atom stereocenters. The van der Waals surface area contributed by atoms with Crippen molar-refractivity contribution in [3.8, 4) is 0 Å². The standard InChI is InChI=1S/C8H14ClNO/c9-10-5-6-11-8-4-2-1-3-7(8)10/h7-8H,1-6H2/t7-,8+/m1/s1. The molecule has 0 aromatic heterocycles. The van der Waals surface area contributed by atoms with Crippen LogP contribution in [0.1, 0.15) is 25.7 Å². The van der Waals surface area contributed by atoms with Gasteiger partial charge in [0.05, 0.1) is 18.8 Å². The quantitative estimate of drug-likeness (QED) is 0.521. The van der Waals surface area contributed by atoms with Crippen LogP contribution in [0.4, 0.5) is 0 Å². The second kappa shape index (κ2) is 3.30. The van der Waals surface area contributed by atoms with E-state index in [2.05, 4.69) is 0 Å². The zero-order valence-electron chi connectivity index (χ0n) is 6.63. The van der Waals surface area contributed by atoms with Crippen molar-refractivity contribution < 1.29 is 4.74 Å². The molecular weight excluding hydrogens is 162 g/mol. The van der Waals surface area contributed by atoms with Crippen molar-refractivity contribution in [1.82, 2.24) is 4.42 Å². The molecule has 0 radical (unpaired) electrons. The van der Waals surface area contributed by atoms with E-state index in [1.807, 2.05) is 4.42 Å². The van der Waals surface area contributed by atoms with Crippen molar-refractivity contribution in [3.05, 3.63) is 0 Å². The highest BCUT2D eigenvalue weighted by Crippen LogP contribution is 2.29. The van der Waals surface area contributed by atoms with Crippen LogP contribution in [-0.4, -0.2) is 29.7 Å². The zero-order valence-corrected chi connectivity index (χ0v) is 7.39. The summed E-state index contributed by atoms with van der Waals surface area (Å²) >= 11 is 6.04. The number of morpholine rings is 1. The largest absolute Gasteiger partial charge is 0.375 e. The maximum Gasteiger partial charge on any atom is 0.0744 e. The maximum absolute atomic E-state index is 6.04. The fraction of sp³-hybridized carbons (Fsp3) is 1.00. The molecule has 2 rings (SSSR count). The number of ether oxygens (including phenoxy) is 1. The molecule has 1 aliphatic heterocycles. The van der Waals surface area contributed by atoms with Crippen molar-refractivity contribution in [3.63, 3.8) is 0 Å². The summed E-state index contributed by atoms with van der Waals surface area (Å²) in [5.74, 6) is 0. The second-order valence-electron chi connectivity index (χ2n) is 3.38. The summed E-state index contributed by atoms with van der Waals surface area (Å²) in [6, 6.07) is 0.499. The average Bonchev–Trinajstić information content (AvgIpc) is 2.06. The van der Waals surface area contributed by atoms with Gasteiger partial charge >= 0.3 is 0 Å². The molecule has 1 saturated heterocycles. The van der Waals surface area contributed by atoms with Crippen molar-refractivity contribution in [2.45, 2.75) is 37.8 Å². The molecular formula is C8H14ClNO. The molecule has 0 unspecified atom stereocenters. The van der Waals surface area contributed by atoms with E-state index in [-0.39, 0.29) is 0 Å². The Morgan fingerprint density at radius 3 is 2.91 bits per heavy atom. The highest BCUT2D eigenvalue weighted by molar-refractivity contribution is 6.13. The van der Waals surface area contributed by atoms with E-state index in [9.17, 15) is 0 Å². The Labute approximate surface area is 72.6 Å². The minimum absolute atomic E-state index is 0.426. The van der Waals surface area contributed by atoms with E-state index in [1.54, 1.807) is 0 Å². The van der Waals surface area contributed by atoms with Crippen LogP contribution in [0.15, 0.2) is 0 Å². The van der Waals surface area contributed by atoms with E-state index >= 15 is 0 Å². The molecule has 0 spiro atoms. The van der Waals surface area contributed by atoms with Gasteiger partial charge in [0.2, 0.25) is 0 Å². The summed E-state index contributed by atoms with van der Waals surface area (Å²) < 4.78 is 7.56. The summed E-state index contributed by atoms with van der Waals surface area (Å²) in [6.07, 6.45) is 5.47. The summed E-state index contributed by atoms with van der Waals surface area (Å²) in [7, 11) is 0. The third kappa shape index (κ3) is 1.53. The number of fused-ring (bicyclic) bond motifs is 1. The lowest BCUT2D eigenvalue weighted by molar-refractivity contribution is -0.0582. The first kappa shape index (κ1) is 7.84. The molecule has 64 valence electrons. The summed E-state index contributed by atoms with van der Waals surface area (Å²) in [6.45, 7) is 1.70. The average molecular weight is 176 g/mol. The Morgan fingerprint density at radius 1 is 1.27 bits per heavy atom. The van der Waals surface area contributed by atoms with Gasteiger partial charge in [0.1, 0.15) is 0 Å². The molecule has 0 N–H and O–H groups in total. The van der Waals surface area contributed by atoms with Gasteiger partial charge in [-0.1, -0.05) is 12.8 Å². The topological polar surface area (TPSA) is 12.5 Å². The van der Waals surface area contributed by atoms with Crippen LogP contribution in [0.25, 0.3) is 0 Å². The van der Waals surface area contributed by atoms with Gasteiger partial charge in [0.15, 0.2) is 0 Å². The molecule has 0 amide bonds.